The summed E-state index contributed by atoms with van der Waals surface area (Å²) >= 11 is 9.30. The van der Waals surface area contributed by atoms with Crippen LogP contribution in [0.15, 0.2) is 22.7 Å². The van der Waals surface area contributed by atoms with Crippen LogP contribution in [-0.2, 0) is 0 Å². The highest BCUT2D eigenvalue weighted by Crippen LogP contribution is 2.29. The number of nitrogens with two attached hydrogens (primary N) is 1. The lowest BCUT2D eigenvalue weighted by molar-refractivity contribution is 0.0903. The third-order valence-electron chi connectivity index (χ3n) is 3.51. The van der Waals surface area contributed by atoms with E-state index in [-0.39, 0.29) is 23.9 Å². The van der Waals surface area contributed by atoms with E-state index < -0.39 is 0 Å². The number of amides is 1. The van der Waals surface area contributed by atoms with Crippen LogP contribution < -0.4 is 11.1 Å². The van der Waals surface area contributed by atoms with Gasteiger partial charge in [0, 0.05) is 16.6 Å². The molecule has 1 amide bonds. The fourth-order valence-corrected chi connectivity index (χ4v) is 2.81. The van der Waals surface area contributed by atoms with Crippen molar-refractivity contribution in [1.29, 1.82) is 0 Å². The lowest BCUT2D eigenvalue weighted by Gasteiger charge is -2.28. The third kappa shape index (κ3) is 3.85. The Bertz CT molecular complexity index is 462. The molecule has 1 aliphatic carbocycles. The van der Waals surface area contributed by atoms with Crippen molar-refractivity contribution in [3.8, 4) is 0 Å². The summed E-state index contributed by atoms with van der Waals surface area (Å²) in [6.45, 7) is 0.489. The Morgan fingerprint density at radius 2 is 2.05 bits per heavy atom. The topological polar surface area (TPSA) is 55.1 Å². The van der Waals surface area contributed by atoms with E-state index >= 15 is 0 Å². The molecule has 6 heteroatoms. The van der Waals surface area contributed by atoms with Crippen molar-refractivity contribution in [2.45, 2.75) is 31.2 Å². The molecule has 0 bridgehead atoms. The van der Waals surface area contributed by atoms with Gasteiger partial charge in [-0.05, 0) is 47.0 Å². The number of carbonyl (C=O) groups excluding carboxylic acids is 1. The highest BCUT2D eigenvalue weighted by molar-refractivity contribution is 9.10. The maximum atomic E-state index is 12.2. The summed E-state index contributed by atoms with van der Waals surface area (Å²) in [5.41, 5.74) is 6.15. The molecule has 0 spiro atoms. The second-order valence-electron chi connectivity index (χ2n) is 4.77. The van der Waals surface area contributed by atoms with Crippen LogP contribution in [0, 0.1) is 0 Å². The van der Waals surface area contributed by atoms with Crippen LogP contribution in [0.25, 0.3) is 0 Å². The van der Waals surface area contributed by atoms with Crippen LogP contribution in [0.4, 0.5) is 0 Å². The molecule has 0 unspecified atom stereocenters. The number of halogens is 3. The molecule has 1 aromatic carbocycles. The van der Waals surface area contributed by atoms with Gasteiger partial charge in [-0.25, -0.2) is 0 Å². The molecule has 0 radical (unpaired) electrons. The summed E-state index contributed by atoms with van der Waals surface area (Å²) in [4.78, 5) is 12.2. The minimum absolute atomic E-state index is 0. The van der Waals surface area contributed by atoms with Gasteiger partial charge in [0.15, 0.2) is 0 Å². The molecule has 1 aromatic rings. The number of benzene rings is 1. The molecule has 1 aliphatic rings. The second kappa shape index (κ2) is 6.93. The number of hydrogen-bond acceptors (Lipinski definition) is 2. The van der Waals surface area contributed by atoms with Crippen LogP contribution in [0.1, 0.15) is 36.0 Å². The number of hydrogen-bond donors (Lipinski definition) is 2. The maximum Gasteiger partial charge on any atom is 0.251 e. The number of carbonyl (C=O) groups is 1. The Morgan fingerprint density at radius 3 is 2.58 bits per heavy atom. The number of rotatable bonds is 3. The third-order valence-corrected chi connectivity index (χ3v) is 4.74. The normalized spacial score (nSPS) is 16.8. The fraction of sp³-hybridized carbons (Fsp3) is 0.462. The second-order valence-corrected chi connectivity index (χ2v) is 6.04. The van der Waals surface area contributed by atoms with Crippen molar-refractivity contribution in [1.82, 2.24) is 5.32 Å². The van der Waals surface area contributed by atoms with Crippen LogP contribution in [0.5, 0.6) is 0 Å². The molecular weight excluding hydrogens is 351 g/mol. The monoisotopic (exact) mass is 366 g/mol. The summed E-state index contributed by atoms with van der Waals surface area (Å²) in [7, 11) is 0. The summed E-state index contributed by atoms with van der Waals surface area (Å²) in [5.74, 6) is -0.100. The van der Waals surface area contributed by atoms with Crippen molar-refractivity contribution in [2.24, 2.45) is 5.73 Å². The van der Waals surface area contributed by atoms with E-state index in [0.29, 0.717) is 17.1 Å². The summed E-state index contributed by atoms with van der Waals surface area (Å²) in [5, 5.41) is 3.60. The van der Waals surface area contributed by atoms with Gasteiger partial charge < -0.3 is 11.1 Å². The minimum Gasteiger partial charge on any atom is -0.345 e. The predicted octanol–water partition coefficient (Wildman–Crippen LogP) is 3.53. The highest BCUT2D eigenvalue weighted by Gasteiger charge is 2.34. The van der Waals surface area contributed by atoms with Crippen molar-refractivity contribution in [3.63, 3.8) is 0 Å². The molecule has 3 N–H and O–H groups in total. The first-order valence-corrected chi connectivity index (χ1v) is 7.21. The van der Waals surface area contributed by atoms with Gasteiger partial charge in [0.2, 0.25) is 0 Å². The predicted molar refractivity (Wildman–Crippen MR) is 84.1 cm³/mol. The molecule has 106 valence electrons. The van der Waals surface area contributed by atoms with Crippen molar-refractivity contribution < 1.29 is 4.79 Å². The molecule has 3 nitrogen and oxygen atoms in total. The smallest absolute Gasteiger partial charge is 0.251 e. The van der Waals surface area contributed by atoms with Crippen LogP contribution in [0.3, 0.4) is 0 Å². The fourth-order valence-electron chi connectivity index (χ4n) is 2.38. The lowest BCUT2D eigenvalue weighted by Crippen LogP contribution is -2.51. The summed E-state index contributed by atoms with van der Waals surface area (Å²) in [6, 6.07) is 5.20. The van der Waals surface area contributed by atoms with Gasteiger partial charge in [-0.2, -0.15) is 0 Å². The summed E-state index contributed by atoms with van der Waals surface area (Å²) in [6.07, 6.45) is 4.16. The molecule has 1 fully saturated rings. The van der Waals surface area contributed by atoms with Gasteiger partial charge in [-0.3, -0.25) is 4.79 Å². The minimum atomic E-state index is -0.226. The van der Waals surface area contributed by atoms with E-state index in [9.17, 15) is 4.79 Å². The van der Waals surface area contributed by atoms with Gasteiger partial charge >= 0.3 is 0 Å². The Labute approximate surface area is 132 Å². The standard InChI is InChI=1S/C13H16BrClN2O.ClH/c14-10-4-3-9(7-11(10)15)12(18)17-13(8-16)5-1-2-6-13;/h3-4,7H,1-2,5-6,8,16H2,(H,17,18);1H. The average Bonchev–Trinajstić information content (AvgIpc) is 2.82. The highest BCUT2D eigenvalue weighted by atomic mass is 79.9. The van der Waals surface area contributed by atoms with Gasteiger partial charge in [0.05, 0.1) is 10.6 Å². The lowest BCUT2D eigenvalue weighted by atomic mass is 9.97. The quantitative estimate of drug-likeness (QED) is 0.858. The van der Waals surface area contributed by atoms with Crippen LogP contribution >= 0.6 is 39.9 Å². The molecular formula is C13H17BrCl2N2O. The van der Waals surface area contributed by atoms with Gasteiger partial charge in [0.25, 0.3) is 5.91 Å². The molecule has 0 saturated heterocycles. The van der Waals surface area contributed by atoms with E-state index in [1.54, 1.807) is 18.2 Å². The first-order valence-electron chi connectivity index (χ1n) is 6.04. The maximum absolute atomic E-state index is 12.2. The van der Waals surface area contributed by atoms with Crippen molar-refractivity contribution in [3.05, 3.63) is 33.3 Å². The summed E-state index contributed by atoms with van der Waals surface area (Å²) < 4.78 is 0.787. The molecule has 0 aromatic heterocycles. The zero-order valence-corrected chi connectivity index (χ0v) is 13.6. The zero-order chi connectivity index (χ0) is 13.2. The number of nitrogens with one attached hydrogen (secondary N) is 1. The van der Waals surface area contributed by atoms with E-state index in [1.165, 1.54) is 0 Å². The van der Waals surface area contributed by atoms with Crippen molar-refractivity contribution >= 4 is 45.8 Å². The van der Waals surface area contributed by atoms with Gasteiger partial charge in [-0.1, -0.05) is 24.4 Å². The van der Waals surface area contributed by atoms with E-state index in [4.69, 9.17) is 17.3 Å². The van der Waals surface area contributed by atoms with Crippen LogP contribution in [-0.4, -0.2) is 18.0 Å². The Balaban J connectivity index is 0.00000180. The molecule has 0 heterocycles. The SMILES string of the molecule is Cl.NCC1(NC(=O)c2ccc(Br)c(Cl)c2)CCCC1. The zero-order valence-electron chi connectivity index (χ0n) is 10.4. The first kappa shape index (κ1) is 16.8. The molecule has 0 aliphatic heterocycles. The Hall–Kier alpha value is -0.290. The van der Waals surface area contributed by atoms with Crippen molar-refractivity contribution in [2.75, 3.05) is 6.54 Å². The molecule has 1 saturated carbocycles. The van der Waals surface area contributed by atoms with E-state index in [2.05, 4.69) is 21.2 Å². The van der Waals surface area contributed by atoms with Gasteiger partial charge in [0.1, 0.15) is 0 Å². The first-order chi connectivity index (χ1) is 8.56. The molecule has 19 heavy (non-hydrogen) atoms. The Kier molecular flexibility index (Phi) is 6.12. The average molecular weight is 368 g/mol. The van der Waals surface area contributed by atoms with E-state index in [0.717, 1.165) is 30.2 Å². The van der Waals surface area contributed by atoms with Gasteiger partial charge in [-0.15, -0.1) is 12.4 Å². The molecule has 2 rings (SSSR count). The Morgan fingerprint density at radius 1 is 1.42 bits per heavy atom. The van der Waals surface area contributed by atoms with E-state index in [1.807, 2.05) is 0 Å². The molecule has 0 atom stereocenters. The largest absolute Gasteiger partial charge is 0.345 e. The van der Waals surface area contributed by atoms with Crippen LogP contribution in [0.2, 0.25) is 5.02 Å².